The highest BCUT2D eigenvalue weighted by atomic mass is 32.2. The number of benzene rings is 1. The fourth-order valence-corrected chi connectivity index (χ4v) is 3.19. The second kappa shape index (κ2) is 8.18. The lowest BCUT2D eigenvalue weighted by atomic mass is 10.1. The van der Waals surface area contributed by atoms with Crippen LogP contribution < -0.4 is 9.62 Å². The van der Waals surface area contributed by atoms with Gasteiger partial charge in [0, 0.05) is 24.1 Å². The highest BCUT2D eigenvalue weighted by Gasteiger charge is 2.21. The van der Waals surface area contributed by atoms with Gasteiger partial charge in [-0.2, -0.15) is 0 Å². The van der Waals surface area contributed by atoms with E-state index in [-0.39, 0.29) is 11.5 Å². The summed E-state index contributed by atoms with van der Waals surface area (Å²) in [6.07, 6.45) is 4.66. The van der Waals surface area contributed by atoms with Gasteiger partial charge in [0.1, 0.15) is 28.2 Å². The molecule has 0 aliphatic carbocycles. The molecule has 1 aliphatic heterocycles. The van der Waals surface area contributed by atoms with Gasteiger partial charge in [0.05, 0.1) is 6.20 Å². The van der Waals surface area contributed by atoms with E-state index < -0.39 is 16.9 Å². The van der Waals surface area contributed by atoms with Gasteiger partial charge in [-0.05, 0) is 43.5 Å². The van der Waals surface area contributed by atoms with E-state index in [0.29, 0.717) is 17.1 Å². The zero-order valence-electron chi connectivity index (χ0n) is 14.2. The zero-order chi connectivity index (χ0) is 18.5. The van der Waals surface area contributed by atoms with Crippen molar-refractivity contribution in [3.8, 4) is 11.3 Å². The van der Waals surface area contributed by atoms with Crippen LogP contribution in [0, 0.1) is 5.82 Å². The molecule has 1 N–H and O–H groups in total. The molecule has 1 fully saturated rings. The first-order chi connectivity index (χ1) is 12.6. The molecule has 1 saturated heterocycles. The van der Waals surface area contributed by atoms with E-state index in [9.17, 15) is 13.4 Å². The predicted molar refractivity (Wildman–Crippen MR) is 99.3 cm³/mol. The number of piperidine rings is 1. The average molecular weight is 374 g/mol. The molecule has 0 saturated carbocycles. The summed E-state index contributed by atoms with van der Waals surface area (Å²) in [4.78, 5) is 23.2. The van der Waals surface area contributed by atoms with Gasteiger partial charge in [0.15, 0.2) is 5.82 Å². The molecule has 2 aromatic rings. The number of rotatable bonds is 5. The lowest BCUT2D eigenvalue weighted by Crippen LogP contribution is -2.31. The van der Waals surface area contributed by atoms with Crippen molar-refractivity contribution in [1.29, 1.82) is 0 Å². The Morgan fingerprint density at radius 2 is 1.92 bits per heavy atom. The van der Waals surface area contributed by atoms with Gasteiger partial charge in [-0.3, -0.25) is 9.52 Å². The van der Waals surface area contributed by atoms with E-state index in [0.717, 1.165) is 31.3 Å². The summed E-state index contributed by atoms with van der Waals surface area (Å²) < 4.78 is 27.0. The molecule has 1 aliphatic rings. The number of amides is 1. The molecule has 3 rings (SSSR count). The highest BCUT2D eigenvalue weighted by molar-refractivity contribution is 7.86. The predicted octanol–water partition coefficient (Wildman–Crippen LogP) is 2.81. The quantitative estimate of drug-likeness (QED) is 0.871. The van der Waals surface area contributed by atoms with Gasteiger partial charge in [-0.1, -0.05) is 6.58 Å². The summed E-state index contributed by atoms with van der Waals surface area (Å²) in [5, 5.41) is 1.12. The van der Waals surface area contributed by atoms with Gasteiger partial charge in [0.2, 0.25) is 0 Å². The van der Waals surface area contributed by atoms with Crippen LogP contribution >= 0.6 is 0 Å². The molecule has 0 bridgehead atoms. The average Bonchev–Trinajstić information content (AvgIpc) is 2.68. The van der Waals surface area contributed by atoms with E-state index in [1.165, 1.54) is 24.8 Å². The number of hydrogen-bond acceptors (Lipinski definition) is 5. The minimum absolute atomic E-state index is 0.0419. The number of halogens is 1. The summed E-state index contributed by atoms with van der Waals surface area (Å²) in [5.41, 5.74) is 1.21. The molecule has 0 spiro atoms. The molecule has 26 heavy (non-hydrogen) atoms. The second-order valence-corrected chi connectivity index (χ2v) is 7.01. The van der Waals surface area contributed by atoms with Crippen LogP contribution in [0.25, 0.3) is 11.3 Å². The number of hydrogen-bond donors (Lipinski definition) is 1. The largest absolute Gasteiger partial charge is 0.355 e. The van der Waals surface area contributed by atoms with Crippen LogP contribution in [0.5, 0.6) is 0 Å². The number of nitrogens with zero attached hydrogens (tertiary/aromatic N) is 3. The van der Waals surface area contributed by atoms with Crippen molar-refractivity contribution in [2.45, 2.75) is 19.3 Å². The van der Waals surface area contributed by atoms with Crippen molar-refractivity contribution in [2.75, 3.05) is 18.0 Å². The fourth-order valence-electron chi connectivity index (χ4n) is 2.82. The Kier molecular flexibility index (Phi) is 5.72. The SMILES string of the molecule is C=CS(=O)NC(=O)c1cnc(N2CCCCC2)c(-c2ccc(F)cc2)n1. The lowest BCUT2D eigenvalue weighted by Gasteiger charge is -2.29. The summed E-state index contributed by atoms with van der Waals surface area (Å²) in [6.45, 7) is 5.08. The molecule has 1 unspecified atom stereocenters. The van der Waals surface area contributed by atoms with Crippen LogP contribution in [-0.2, 0) is 11.0 Å². The van der Waals surface area contributed by atoms with Crippen molar-refractivity contribution in [1.82, 2.24) is 14.7 Å². The van der Waals surface area contributed by atoms with E-state index in [2.05, 4.69) is 26.2 Å². The molecular formula is C18H19FN4O2S. The summed E-state index contributed by atoms with van der Waals surface area (Å²) in [5.74, 6) is -0.293. The summed E-state index contributed by atoms with van der Waals surface area (Å²) in [6, 6.07) is 5.90. The van der Waals surface area contributed by atoms with Crippen LogP contribution in [-0.4, -0.2) is 33.2 Å². The topological polar surface area (TPSA) is 75.2 Å². The maximum absolute atomic E-state index is 13.3. The van der Waals surface area contributed by atoms with Crippen LogP contribution in [0.2, 0.25) is 0 Å². The van der Waals surface area contributed by atoms with Gasteiger partial charge in [0.25, 0.3) is 5.91 Å². The monoisotopic (exact) mass is 374 g/mol. The Labute approximate surface area is 153 Å². The Hall–Kier alpha value is -2.61. The summed E-state index contributed by atoms with van der Waals surface area (Å²) >= 11 is 0. The molecule has 2 heterocycles. The molecule has 1 atom stereocenters. The first-order valence-corrected chi connectivity index (χ1v) is 9.52. The molecule has 0 radical (unpaired) electrons. The Balaban J connectivity index is 2.01. The highest BCUT2D eigenvalue weighted by Crippen LogP contribution is 2.29. The van der Waals surface area contributed by atoms with Crippen molar-refractivity contribution in [3.63, 3.8) is 0 Å². The number of nitrogens with one attached hydrogen (secondary N) is 1. The Morgan fingerprint density at radius 1 is 1.23 bits per heavy atom. The molecule has 1 aromatic heterocycles. The van der Waals surface area contributed by atoms with Crippen LogP contribution in [0.1, 0.15) is 29.8 Å². The smallest absolute Gasteiger partial charge is 0.283 e. The summed E-state index contributed by atoms with van der Waals surface area (Å²) in [7, 11) is -1.68. The van der Waals surface area contributed by atoms with Gasteiger partial charge < -0.3 is 4.90 Å². The first-order valence-electron chi connectivity index (χ1n) is 8.30. The standard InChI is InChI=1S/C18H19FN4O2S/c1-2-26(25)22-18(24)15-12-20-17(23-10-4-3-5-11-23)16(21-15)13-6-8-14(19)9-7-13/h2,6-9,12H,1,3-5,10-11H2,(H,22,24). The van der Waals surface area contributed by atoms with Crippen molar-refractivity contribution < 1.29 is 13.4 Å². The number of anilines is 1. The van der Waals surface area contributed by atoms with Crippen molar-refractivity contribution >= 4 is 22.7 Å². The number of aromatic nitrogens is 2. The Bertz CT molecular complexity index is 836. The first kappa shape index (κ1) is 18.2. The molecule has 1 aromatic carbocycles. The Morgan fingerprint density at radius 3 is 2.58 bits per heavy atom. The molecule has 136 valence electrons. The maximum Gasteiger partial charge on any atom is 0.283 e. The maximum atomic E-state index is 13.3. The van der Waals surface area contributed by atoms with E-state index in [1.807, 2.05) is 0 Å². The minimum atomic E-state index is -1.68. The molecular weight excluding hydrogens is 355 g/mol. The molecule has 6 nitrogen and oxygen atoms in total. The van der Waals surface area contributed by atoms with Crippen LogP contribution in [0.3, 0.4) is 0 Å². The second-order valence-electron chi connectivity index (χ2n) is 5.88. The molecule has 8 heteroatoms. The number of carbonyl (C=O) groups excluding carboxylic acids is 1. The zero-order valence-corrected chi connectivity index (χ0v) is 15.0. The fraction of sp³-hybridized carbons (Fsp3) is 0.278. The number of carbonyl (C=O) groups is 1. The third-order valence-electron chi connectivity index (χ3n) is 4.10. The van der Waals surface area contributed by atoms with E-state index >= 15 is 0 Å². The lowest BCUT2D eigenvalue weighted by molar-refractivity contribution is 0.0978. The van der Waals surface area contributed by atoms with Crippen LogP contribution in [0.4, 0.5) is 10.2 Å². The van der Waals surface area contributed by atoms with Gasteiger partial charge in [-0.15, -0.1) is 0 Å². The van der Waals surface area contributed by atoms with Crippen molar-refractivity contribution in [2.24, 2.45) is 0 Å². The minimum Gasteiger partial charge on any atom is -0.355 e. The van der Waals surface area contributed by atoms with Gasteiger partial charge >= 0.3 is 0 Å². The van der Waals surface area contributed by atoms with Gasteiger partial charge in [-0.25, -0.2) is 18.6 Å². The van der Waals surface area contributed by atoms with Crippen LogP contribution in [0.15, 0.2) is 42.4 Å². The third kappa shape index (κ3) is 4.13. The van der Waals surface area contributed by atoms with Crippen molar-refractivity contribution in [3.05, 3.63) is 54.0 Å². The third-order valence-corrected chi connectivity index (χ3v) is 4.79. The normalized spacial score (nSPS) is 15.3. The van der Waals surface area contributed by atoms with E-state index in [1.54, 1.807) is 12.1 Å². The molecule has 1 amide bonds. The van der Waals surface area contributed by atoms with E-state index in [4.69, 9.17) is 0 Å².